The van der Waals surface area contributed by atoms with E-state index in [9.17, 15) is 4.79 Å². The molecule has 128 valence electrons. The van der Waals surface area contributed by atoms with Gasteiger partial charge in [0.25, 0.3) is 0 Å². The van der Waals surface area contributed by atoms with Crippen molar-refractivity contribution in [2.75, 3.05) is 20.2 Å². The number of rotatable bonds is 4. The lowest BCUT2D eigenvalue weighted by Gasteiger charge is -2.25. The predicted molar refractivity (Wildman–Crippen MR) is 90.8 cm³/mol. The number of carbonyl (C=O) groups excluding carboxylic acids is 1. The molecule has 0 aromatic heterocycles. The number of methoxy groups -OCH3 is 1. The summed E-state index contributed by atoms with van der Waals surface area (Å²) in [7, 11) is 1.67. The number of amides is 1. The topological polar surface area (TPSA) is 50.8 Å². The molecule has 0 spiro atoms. The third-order valence-corrected chi connectivity index (χ3v) is 3.92. The molecule has 0 saturated carbocycles. The van der Waals surface area contributed by atoms with Crippen molar-refractivity contribution >= 4 is 6.09 Å². The summed E-state index contributed by atoms with van der Waals surface area (Å²) in [6.07, 6.45) is 0.712. The molecule has 1 aliphatic rings. The Morgan fingerprint density at radius 2 is 2.13 bits per heavy atom. The van der Waals surface area contributed by atoms with Gasteiger partial charge in [-0.05, 0) is 51.8 Å². The van der Waals surface area contributed by atoms with Crippen LogP contribution in [0.1, 0.15) is 45.7 Å². The van der Waals surface area contributed by atoms with Gasteiger partial charge in [-0.3, -0.25) is 0 Å². The molecule has 1 fully saturated rings. The van der Waals surface area contributed by atoms with Crippen LogP contribution in [-0.4, -0.2) is 42.8 Å². The van der Waals surface area contributed by atoms with Gasteiger partial charge >= 0.3 is 6.09 Å². The van der Waals surface area contributed by atoms with E-state index in [0.717, 1.165) is 18.7 Å². The molecule has 1 N–H and O–H groups in total. The van der Waals surface area contributed by atoms with E-state index in [1.54, 1.807) is 12.0 Å². The van der Waals surface area contributed by atoms with Crippen LogP contribution >= 0.6 is 0 Å². The Morgan fingerprint density at radius 3 is 2.78 bits per heavy atom. The van der Waals surface area contributed by atoms with Gasteiger partial charge in [0.15, 0.2) is 0 Å². The molecule has 1 amide bonds. The molecule has 0 aliphatic carbocycles. The molecule has 2 unspecified atom stereocenters. The average Bonchev–Trinajstić information content (AvgIpc) is 2.94. The molecule has 1 aliphatic heterocycles. The van der Waals surface area contributed by atoms with Gasteiger partial charge in [0.1, 0.15) is 11.4 Å². The minimum atomic E-state index is -0.448. The zero-order valence-electron chi connectivity index (χ0n) is 14.8. The Balaban J connectivity index is 1.88. The highest BCUT2D eigenvalue weighted by Gasteiger charge is 2.30. The smallest absolute Gasteiger partial charge is 0.410 e. The van der Waals surface area contributed by atoms with E-state index in [1.807, 2.05) is 39.0 Å². The SMILES string of the molecule is COc1cccc(C(C)NC2CCN(C(=O)OC(C)(C)C)C2)c1. The van der Waals surface area contributed by atoms with Gasteiger partial charge < -0.3 is 19.7 Å². The summed E-state index contributed by atoms with van der Waals surface area (Å²) >= 11 is 0. The largest absolute Gasteiger partial charge is 0.497 e. The molecule has 1 aromatic carbocycles. The molecule has 5 nitrogen and oxygen atoms in total. The summed E-state index contributed by atoms with van der Waals surface area (Å²) in [5.74, 6) is 0.859. The number of ether oxygens (including phenoxy) is 2. The molecule has 5 heteroatoms. The Hall–Kier alpha value is -1.75. The standard InChI is InChI=1S/C18H28N2O3/c1-13(14-7-6-8-16(11-14)22-5)19-15-9-10-20(12-15)17(21)23-18(2,3)4/h6-8,11,13,15,19H,9-10,12H2,1-5H3. The first-order valence-corrected chi connectivity index (χ1v) is 8.16. The third-order valence-electron chi connectivity index (χ3n) is 3.92. The molecule has 1 saturated heterocycles. The number of benzene rings is 1. The van der Waals surface area contributed by atoms with E-state index in [0.29, 0.717) is 6.54 Å². The van der Waals surface area contributed by atoms with E-state index >= 15 is 0 Å². The number of hydrogen-bond donors (Lipinski definition) is 1. The molecule has 0 radical (unpaired) electrons. The minimum Gasteiger partial charge on any atom is -0.497 e. The number of carbonyl (C=O) groups is 1. The zero-order valence-corrected chi connectivity index (χ0v) is 14.8. The van der Waals surface area contributed by atoms with Crippen molar-refractivity contribution in [1.29, 1.82) is 0 Å². The normalized spacial score (nSPS) is 19.5. The summed E-state index contributed by atoms with van der Waals surface area (Å²) in [6.45, 7) is 9.22. The highest BCUT2D eigenvalue weighted by atomic mass is 16.6. The summed E-state index contributed by atoms with van der Waals surface area (Å²) in [5, 5.41) is 3.59. The van der Waals surface area contributed by atoms with Crippen molar-refractivity contribution < 1.29 is 14.3 Å². The Morgan fingerprint density at radius 1 is 1.39 bits per heavy atom. The predicted octanol–water partition coefficient (Wildman–Crippen LogP) is 3.36. The van der Waals surface area contributed by atoms with Crippen LogP contribution in [0, 0.1) is 0 Å². The molecular weight excluding hydrogens is 292 g/mol. The lowest BCUT2D eigenvalue weighted by atomic mass is 10.1. The van der Waals surface area contributed by atoms with Gasteiger partial charge in [-0.2, -0.15) is 0 Å². The van der Waals surface area contributed by atoms with E-state index < -0.39 is 5.60 Å². The van der Waals surface area contributed by atoms with E-state index in [1.165, 1.54) is 5.56 Å². The van der Waals surface area contributed by atoms with E-state index in [-0.39, 0.29) is 18.2 Å². The summed E-state index contributed by atoms with van der Waals surface area (Å²) in [4.78, 5) is 13.9. The Kier molecular flexibility index (Phi) is 5.52. The second kappa shape index (κ2) is 7.21. The monoisotopic (exact) mass is 320 g/mol. The molecule has 2 rings (SSSR count). The fourth-order valence-electron chi connectivity index (χ4n) is 2.75. The molecule has 1 aromatic rings. The first-order chi connectivity index (χ1) is 10.8. The lowest BCUT2D eigenvalue weighted by Crippen LogP contribution is -2.39. The van der Waals surface area contributed by atoms with Crippen LogP contribution in [-0.2, 0) is 4.74 Å². The quantitative estimate of drug-likeness (QED) is 0.924. The van der Waals surface area contributed by atoms with Gasteiger partial charge in [-0.1, -0.05) is 12.1 Å². The fourth-order valence-corrected chi connectivity index (χ4v) is 2.75. The van der Waals surface area contributed by atoms with Crippen LogP contribution in [0.2, 0.25) is 0 Å². The second-order valence-electron chi connectivity index (χ2n) is 7.08. The van der Waals surface area contributed by atoms with Crippen molar-refractivity contribution in [3.8, 4) is 5.75 Å². The van der Waals surface area contributed by atoms with Crippen molar-refractivity contribution in [2.24, 2.45) is 0 Å². The van der Waals surface area contributed by atoms with Crippen molar-refractivity contribution in [3.63, 3.8) is 0 Å². The molecule has 1 heterocycles. The lowest BCUT2D eigenvalue weighted by molar-refractivity contribution is 0.0290. The summed E-state index contributed by atoms with van der Waals surface area (Å²) in [5.41, 5.74) is 0.733. The summed E-state index contributed by atoms with van der Waals surface area (Å²) < 4.78 is 10.7. The molecule has 23 heavy (non-hydrogen) atoms. The molecule has 0 bridgehead atoms. The first kappa shape index (κ1) is 17.6. The third kappa shape index (κ3) is 5.13. The van der Waals surface area contributed by atoms with Crippen LogP contribution in [0.25, 0.3) is 0 Å². The number of hydrogen-bond acceptors (Lipinski definition) is 4. The van der Waals surface area contributed by atoms with Crippen LogP contribution in [0.4, 0.5) is 4.79 Å². The zero-order chi connectivity index (χ0) is 17.0. The van der Waals surface area contributed by atoms with Crippen LogP contribution < -0.4 is 10.1 Å². The van der Waals surface area contributed by atoms with E-state index in [4.69, 9.17) is 9.47 Å². The number of likely N-dealkylation sites (tertiary alicyclic amines) is 1. The van der Waals surface area contributed by atoms with Gasteiger partial charge in [0, 0.05) is 25.2 Å². The Labute approximate surface area is 139 Å². The molecular formula is C18H28N2O3. The highest BCUT2D eigenvalue weighted by molar-refractivity contribution is 5.68. The maximum absolute atomic E-state index is 12.1. The van der Waals surface area contributed by atoms with E-state index in [2.05, 4.69) is 18.3 Å². The maximum atomic E-state index is 12.1. The summed E-state index contributed by atoms with van der Waals surface area (Å²) in [6, 6.07) is 8.54. The van der Waals surface area contributed by atoms with Gasteiger partial charge in [-0.15, -0.1) is 0 Å². The van der Waals surface area contributed by atoms with Gasteiger partial charge in [-0.25, -0.2) is 4.79 Å². The van der Waals surface area contributed by atoms with Crippen LogP contribution in [0.5, 0.6) is 5.75 Å². The van der Waals surface area contributed by atoms with Crippen molar-refractivity contribution in [2.45, 2.75) is 51.8 Å². The van der Waals surface area contributed by atoms with Crippen molar-refractivity contribution in [1.82, 2.24) is 10.2 Å². The first-order valence-electron chi connectivity index (χ1n) is 8.16. The maximum Gasteiger partial charge on any atom is 0.410 e. The van der Waals surface area contributed by atoms with Gasteiger partial charge in [0.05, 0.1) is 7.11 Å². The highest BCUT2D eigenvalue weighted by Crippen LogP contribution is 2.21. The van der Waals surface area contributed by atoms with Crippen LogP contribution in [0.3, 0.4) is 0 Å². The fraction of sp³-hybridized carbons (Fsp3) is 0.611. The average molecular weight is 320 g/mol. The number of nitrogens with zero attached hydrogens (tertiary/aromatic N) is 1. The second-order valence-corrected chi connectivity index (χ2v) is 7.08. The van der Waals surface area contributed by atoms with Crippen molar-refractivity contribution in [3.05, 3.63) is 29.8 Å². The Bertz CT molecular complexity index is 539. The van der Waals surface area contributed by atoms with Crippen LogP contribution in [0.15, 0.2) is 24.3 Å². The minimum absolute atomic E-state index is 0.202. The van der Waals surface area contributed by atoms with Gasteiger partial charge in [0.2, 0.25) is 0 Å². The number of nitrogens with one attached hydrogen (secondary N) is 1. The molecule has 2 atom stereocenters.